The highest BCUT2D eigenvalue weighted by atomic mass is 19.4. The zero-order valence-electron chi connectivity index (χ0n) is 18.4. The number of ether oxygens (including phenoxy) is 2. The molecule has 2 N–H and O–H groups in total. The fourth-order valence-corrected chi connectivity index (χ4v) is 3.19. The number of carbonyl (C=O) groups excluding carboxylic acids is 1. The van der Waals surface area contributed by atoms with Crippen molar-refractivity contribution in [2.45, 2.75) is 64.6 Å². The van der Waals surface area contributed by atoms with Crippen LogP contribution in [0.25, 0.3) is 0 Å². The maximum absolute atomic E-state index is 13.2. The summed E-state index contributed by atoms with van der Waals surface area (Å²) < 4.78 is 49.9. The van der Waals surface area contributed by atoms with Crippen LogP contribution in [0.3, 0.4) is 0 Å². The third kappa shape index (κ3) is 7.09. The summed E-state index contributed by atoms with van der Waals surface area (Å²) in [7, 11) is 1.25. The lowest BCUT2D eigenvalue weighted by molar-refractivity contribution is -0.144. The largest absolute Gasteiger partial charge is 0.444 e. The number of hydrogen-bond donors (Lipinski definition) is 2. The number of aliphatic hydroxyl groups is 1. The maximum atomic E-state index is 13.2. The lowest BCUT2D eigenvalue weighted by Gasteiger charge is -2.34. The van der Waals surface area contributed by atoms with E-state index in [1.807, 2.05) is 0 Å². The van der Waals surface area contributed by atoms with Crippen molar-refractivity contribution >= 4 is 6.09 Å². The van der Waals surface area contributed by atoms with E-state index in [0.29, 0.717) is 37.2 Å². The number of allylic oxidation sites excluding steroid dienone is 1. The third-order valence-corrected chi connectivity index (χ3v) is 4.93. The standard InChI is InChI=1S/C22H29F3N2O4/c1-14-17(19(28)30-5)8-6-15(22(23,24)25)7-9-18(14)26-16-10-12-27(13-11-16)20(29)31-21(2,3)4/h15-17,19,26,28H,10-13H2,1-5H3/t15?,17?,19-/m0/s1. The van der Waals surface area contributed by atoms with Crippen LogP contribution in [-0.4, -0.2) is 60.4 Å². The minimum Gasteiger partial charge on any atom is -0.444 e. The van der Waals surface area contributed by atoms with Crippen LogP contribution >= 0.6 is 0 Å². The van der Waals surface area contributed by atoms with E-state index in [2.05, 4.69) is 29.0 Å². The van der Waals surface area contributed by atoms with E-state index in [-0.39, 0.29) is 6.04 Å². The van der Waals surface area contributed by atoms with Crippen LogP contribution in [0, 0.1) is 35.5 Å². The molecule has 2 unspecified atom stereocenters. The number of likely N-dealkylation sites (tertiary alicyclic amines) is 1. The second kappa shape index (κ2) is 9.84. The summed E-state index contributed by atoms with van der Waals surface area (Å²) in [6.07, 6.45) is -5.23. The van der Waals surface area contributed by atoms with Gasteiger partial charge >= 0.3 is 12.3 Å². The lowest BCUT2D eigenvalue weighted by Crippen LogP contribution is -2.46. The Hall–Kier alpha value is -2.36. The van der Waals surface area contributed by atoms with Crippen LogP contribution in [-0.2, 0) is 9.47 Å². The van der Waals surface area contributed by atoms with E-state index in [1.165, 1.54) is 7.11 Å². The molecule has 1 fully saturated rings. The molecule has 3 atom stereocenters. The molecule has 1 amide bonds. The van der Waals surface area contributed by atoms with Crippen LogP contribution < -0.4 is 5.32 Å². The third-order valence-electron chi connectivity index (χ3n) is 4.93. The molecule has 0 aromatic heterocycles. The molecule has 2 aliphatic rings. The van der Waals surface area contributed by atoms with E-state index < -0.39 is 36.0 Å². The molecular formula is C22H29F3N2O4. The Bertz CT molecular complexity index is 816. The SMILES string of the molecule is CO[C@H](O)C1C#CC(C(F)(F)F)C#CC(NC2CCN(C(=O)OC(C)(C)C)CC2)=C1C. The van der Waals surface area contributed by atoms with Gasteiger partial charge in [0.05, 0.1) is 11.6 Å². The first kappa shape index (κ1) is 24.9. The minimum absolute atomic E-state index is 0.102. The molecule has 172 valence electrons. The summed E-state index contributed by atoms with van der Waals surface area (Å²) in [6.45, 7) is 7.93. The van der Waals surface area contributed by atoms with Gasteiger partial charge in [-0.25, -0.2) is 4.79 Å². The molecule has 0 saturated carbocycles. The first-order valence-corrected chi connectivity index (χ1v) is 10.1. The van der Waals surface area contributed by atoms with Gasteiger partial charge < -0.3 is 24.8 Å². The van der Waals surface area contributed by atoms with Gasteiger partial charge in [0.25, 0.3) is 0 Å². The Morgan fingerprint density at radius 3 is 2.32 bits per heavy atom. The highest BCUT2D eigenvalue weighted by Gasteiger charge is 2.38. The van der Waals surface area contributed by atoms with Crippen molar-refractivity contribution in [3.8, 4) is 23.7 Å². The molecule has 1 heterocycles. The summed E-state index contributed by atoms with van der Waals surface area (Å²) >= 11 is 0. The van der Waals surface area contributed by atoms with Crippen molar-refractivity contribution < 1.29 is 32.5 Å². The van der Waals surface area contributed by atoms with Crippen molar-refractivity contribution in [1.82, 2.24) is 10.2 Å². The number of hydrogen-bond acceptors (Lipinski definition) is 5. The molecule has 0 radical (unpaired) electrons. The molecular weight excluding hydrogens is 413 g/mol. The van der Waals surface area contributed by atoms with Crippen LogP contribution in [0.15, 0.2) is 11.3 Å². The maximum Gasteiger partial charge on any atom is 0.413 e. The normalized spacial score (nSPS) is 23.6. The molecule has 6 nitrogen and oxygen atoms in total. The minimum atomic E-state index is -4.60. The van der Waals surface area contributed by atoms with Gasteiger partial charge in [-0.1, -0.05) is 17.8 Å². The van der Waals surface area contributed by atoms with E-state index in [9.17, 15) is 23.1 Å². The molecule has 0 spiro atoms. The van der Waals surface area contributed by atoms with Gasteiger partial charge in [0.1, 0.15) is 5.60 Å². The number of alkyl halides is 3. The average molecular weight is 442 g/mol. The Morgan fingerprint density at radius 2 is 1.81 bits per heavy atom. The number of methoxy groups -OCH3 is 1. The van der Waals surface area contributed by atoms with E-state index in [4.69, 9.17) is 9.47 Å². The Kier molecular flexibility index (Phi) is 7.91. The lowest BCUT2D eigenvalue weighted by atomic mass is 9.94. The smallest absolute Gasteiger partial charge is 0.413 e. The summed E-state index contributed by atoms with van der Waals surface area (Å²) in [6, 6.07) is -0.102. The van der Waals surface area contributed by atoms with Gasteiger partial charge in [0, 0.05) is 26.2 Å². The van der Waals surface area contributed by atoms with Crippen molar-refractivity contribution in [2.24, 2.45) is 11.8 Å². The van der Waals surface area contributed by atoms with Gasteiger partial charge in [0.15, 0.2) is 12.2 Å². The highest BCUT2D eigenvalue weighted by molar-refractivity contribution is 5.68. The van der Waals surface area contributed by atoms with Crippen LogP contribution in [0.2, 0.25) is 0 Å². The molecule has 0 aromatic carbocycles. The fraction of sp³-hybridized carbons (Fsp3) is 0.682. The summed E-state index contributed by atoms with van der Waals surface area (Å²) in [4.78, 5) is 13.8. The number of rotatable bonds is 4. The Morgan fingerprint density at radius 1 is 1.19 bits per heavy atom. The quantitative estimate of drug-likeness (QED) is 0.517. The highest BCUT2D eigenvalue weighted by Crippen LogP contribution is 2.28. The van der Waals surface area contributed by atoms with Gasteiger partial charge in [0.2, 0.25) is 0 Å². The van der Waals surface area contributed by atoms with Crippen LogP contribution in [0.4, 0.5) is 18.0 Å². The molecule has 1 aliphatic carbocycles. The monoisotopic (exact) mass is 442 g/mol. The predicted molar refractivity (Wildman–Crippen MR) is 108 cm³/mol. The second-order valence-electron chi connectivity index (χ2n) is 8.58. The molecule has 0 bridgehead atoms. The average Bonchev–Trinajstić information content (AvgIpc) is 2.65. The van der Waals surface area contributed by atoms with E-state index >= 15 is 0 Å². The van der Waals surface area contributed by atoms with E-state index in [0.717, 1.165) is 0 Å². The van der Waals surface area contributed by atoms with E-state index in [1.54, 1.807) is 32.6 Å². The van der Waals surface area contributed by atoms with Crippen molar-refractivity contribution in [3.63, 3.8) is 0 Å². The fourth-order valence-electron chi connectivity index (χ4n) is 3.19. The Labute approximate surface area is 181 Å². The van der Waals surface area contributed by atoms with Gasteiger partial charge in [-0.2, -0.15) is 13.2 Å². The Balaban J connectivity index is 2.16. The number of carbonyl (C=O) groups is 1. The van der Waals surface area contributed by atoms with Crippen molar-refractivity contribution in [3.05, 3.63) is 11.3 Å². The molecule has 1 saturated heterocycles. The molecule has 1 aliphatic heterocycles. The number of nitrogens with one attached hydrogen (secondary N) is 1. The zero-order chi connectivity index (χ0) is 23.4. The molecule has 0 aromatic rings. The molecule has 2 rings (SSSR count). The van der Waals surface area contributed by atoms with Crippen LogP contribution in [0.5, 0.6) is 0 Å². The number of piperidine rings is 1. The number of aliphatic hydroxyl groups excluding tert-OH is 1. The van der Waals surface area contributed by atoms with Crippen molar-refractivity contribution in [1.29, 1.82) is 0 Å². The predicted octanol–water partition coefficient (Wildman–Crippen LogP) is 3.03. The van der Waals surface area contributed by atoms with Gasteiger partial charge in [-0.05, 0) is 52.0 Å². The summed E-state index contributed by atoms with van der Waals surface area (Å²) in [5, 5.41) is 13.3. The first-order valence-electron chi connectivity index (χ1n) is 10.1. The number of nitrogens with zero attached hydrogens (tertiary/aromatic N) is 1. The first-order chi connectivity index (χ1) is 14.3. The van der Waals surface area contributed by atoms with Gasteiger partial charge in [-0.15, -0.1) is 0 Å². The summed E-state index contributed by atoms with van der Waals surface area (Å²) in [5.74, 6) is 6.28. The zero-order valence-corrected chi connectivity index (χ0v) is 18.4. The number of amides is 1. The van der Waals surface area contributed by atoms with Crippen molar-refractivity contribution in [2.75, 3.05) is 20.2 Å². The number of halogens is 3. The molecule has 9 heteroatoms. The summed E-state index contributed by atoms with van der Waals surface area (Å²) in [5.41, 5.74) is 0.208. The molecule has 31 heavy (non-hydrogen) atoms. The van der Waals surface area contributed by atoms with Gasteiger partial charge in [-0.3, -0.25) is 0 Å². The second-order valence-corrected chi connectivity index (χ2v) is 8.58. The van der Waals surface area contributed by atoms with Crippen LogP contribution in [0.1, 0.15) is 40.5 Å². The topological polar surface area (TPSA) is 71.0 Å².